The minimum absolute atomic E-state index is 0.0863. The first kappa shape index (κ1) is 14.6. The van der Waals surface area contributed by atoms with Gasteiger partial charge in [0.2, 0.25) is 0 Å². The Bertz CT molecular complexity index is 722. The van der Waals surface area contributed by atoms with Gasteiger partial charge in [0.15, 0.2) is 5.75 Å². The van der Waals surface area contributed by atoms with Gasteiger partial charge < -0.3 is 20.7 Å². The number of carbonyl (C=O) groups is 1. The van der Waals surface area contributed by atoms with E-state index in [2.05, 4.69) is 5.32 Å². The molecule has 0 aliphatic rings. The number of hydrogen-bond acceptors (Lipinski definition) is 4. The lowest BCUT2D eigenvalue weighted by Gasteiger charge is -2.10. The van der Waals surface area contributed by atoms with Crippen LogP contribution in [0.1, 0.15) is 23.7 Å². The van der Waals surface area contributed by atoms with Crippen LogP contribution in [0, 0.1) is 0 Å². The average molecular weight is 287 g/mol. The van der Waals surface area contributed by atoms with Crippen LogP contribution in [0.25, 0.3) is 0 Å². The second-order valence-electron chi connectivity index (χ2n) is 4.65. The number of nitrogen functional groups attached to an aromatic ring is 1. The Morgan fingerprint density at radius 2 is 2.10 bits per heavy atom. The van der Waals surface area contributed by atoms with Crippen molar-refractivity contribution in [2.24, 2.45) is 0 Å². The van der Waals surface area contributed by atoms with Gasteiger partial charge in [-0.05, 0) is 24.6 Å². The van der Waals surface area contributed by atoms with Crippen molar-refractivity contribution in [1.29, 1.82) is 0 Å². The van der Waals surface area contributed by atoms with Crippen LogP contribution >= 0.6 is 0 Å². The number of aromatic nitrogens is 1. The quantitative estimate of drug-likeness (QED) is 0.590. The van der Waals surface area contributed by atoms with Gasteiger partial charge in [0, 0.05) is 18.8 Å². The van der Waals surface area contributed by atoms with E-state index >= 15 is 0 Å². The minimum atomic E-state index is -0.485. The summed E-state index contributed by atoms with van der Waals surface area (Å²) in [5, 5.41) is 12.4. The summed E-state index contributed by atoms with van der Waals surface area (Å²) in [5.41, 5.74) is 6.14. The van der Waals surface area contributed by atoms with Crippen molar-refractivity contribution in [3.8, 4) is 5.75 Å². The molecule has 0 unspecified atom stereocenters. The molecule has 1 heterocycles. The smallest absolute Gasteiger partial charge is 0.259 e. The van der Waals surface area contributed by atoms with Crippen molar-refractivity contribution in [3.05, 3.63) is 52.4 Å². The molecule has 0 atom stereocenters. The first-order chi connectivity index (χ1) is 10.0. The predicted octanol–water partition coefficient (Wildman–Crippen LogP) is 1.80. The zero-order valence-electron chi connectivity index (χ0n) is 11.7. The highest BCUT2D eigenvalue weighted by atomic mass is 16.3. The van der Waals surface area contributed by atoms with Gasteiger partial charge in [0.25, 0.3) is 11.5 Å². The summed E-state index contributed by atoms with van der Waals surface area (Å²) in [5.74, 6) is -0.738. The lowest BCUT2D eigenvalue weighted by molar-refractivity contribution is 0.102. The summed E-state index contributed by atoms with van der Waals surface area (Å²) >= 11 is 0. The molecule has 1 aromatic carbocycles. The van der Waals surface area contributed by atoms with E-state index in [1.165, 1.54) is 28.8 Å². The highest BCUT2D eigenvalue weighted by Gasteiger charge is 2.13. The van der Waals surface area contributed by atoms with Gasteiger partial charge in [-0.25, -0.2) is 0 Å². The second-order valence-corrected chi connectivity index (χ2v) is 4.65. The van der Waals surface area contributed by atoms with E-state index in [9.17, 15) is 14.7 Å². The van der Waals surface area contributed by atoms with Crippen LogP contribution in [0.3, 0.4) is 0 Å². The fraction of sp³-hybridized carbons (Fsp3) is 0.200. The highest BCUT2D eigenvalue weighted by Crippen LogP contribution is 2.25. The van der Waals surface area contributed by atoms with E-state index in [-0.39, 0.29) is 22.6 Å². The zero-order chi connectivity index (χ0) is 15.4. The number of nitrogens with two attached hydrogens (primary N) is 1. The number of carbonyl (C=O) groups excluding carboxylic acids is 1. The topological polar surface area (TPSA) is 97.3 Å². The van der Waals surface area contributed by atoms with Crippen LogP contribution < -0.4 is 16.6 Å². The number of nitrogens with one attached hydrogen (secondary N) is 1. The molecule has 4 N–H and O–H groups in total. The normalized spacial score (nSPS) is 10.3. The van der Waals surface area contributed by atoms with Crippen molar-refractivity contribution in [3.63, 3.8) is 0 Å². The van der Waals surface area contributed by atoms with E-state index in [1.807, 2.05) is 6.92 Å². The van der Waals surface area contributed by atoms with Gasteiger partial charge in [-0.3, -0.25) is 9.59 Å². The molecule has 0 bridgehead atoms. The summed E-state index contributed by atoms with van der Waals surface area (Å²) in [4.78, 5) is 23.7. The molecule has 1 amide bonds. The summed E-state index contributed by atoms with van der Waals surface area (Å²) in [6.45, 7) is 2.54. The number of aryl methyl sites for hydroxylation is 1. The van der Waals surface area contributed by atoms with Gasteiger partial charge in [-0.1, -0.05) is 13.0 Å². The third-order valence-corrected chi connectivity index (χ3v) is 3.02. The van der Waals surface area contributed by atoms with Crippen molar-refractivity contribution >= 4 is 17.3 Å². The van der Waals surface area contributed by atoms with Gasteiger partial charge in [0.05, 0.1) is 16.9 Å². The number of amides is 1. The molecule has 0 saturated heterocycles. The molecular weight excluding hydrogens is 270 g/mol. The summed E-state index contributed by atoms with van der Waals surface area (Å²) in [6.07, 6.45) is 2.39. The fourth-order valence-corrected chi connectivity index (χ4v) is 1.96. The Labute approximate surface area is 121 Å². The molecule has 21 heavy (non-hydrogen) atoms. The van der Waals surface area contributed by atoms with E-state index in [1.54, 1.807) is 12.3 Å². The van der Waals surface area contributed by atoms with Crippen molar-refractivity contribution < 1.29 is 9.90 Å². The summed E-state index contributed by atoms with van der Waals surface area (Å²) < 4.78 is 1.52. The SMILES string of the molecule is CCCn1cc(NC(=O)c2cccc(N)c2O)ccc1=O. The van der Waals surface area contributed by atoms with E-state index < -0.39 is 5.91 Å². The van der Waals surface area contributed by atoms with E-state index in [4.69, 9.17) is 5.73 Å². The van der Waals surface area contributed by atoms with Gasteiger partial charge in [-0.2, -0.15) is 0 Å². The third kappa shape index (κ3) is 3.22. The molecular formula is C15H17N3O3. The standard InChI is InChI=1S/C15H17N3O3/c1-2-8-18-9-10(6-7-13(18)19)17-15(21)11-4-3-5-12(16)14(11)20/h3-7,9,20H,2,8,16H2,1H3,(H,17,21). The number of pyridine rings is 1. The number of phenols is 1. The number of phenolic OH excluding ortho intramolecular Hbond substituents is 1. The average Bonchev–Trinajstić information content (AvgIpc) is 2.45. The van der Waals surface area contributed by atoms with Crippen LogP contribution in [-0.2, 0) is 6.54 Å². The van der Waals surface area contributed by atoms with Crippen LogP contribution in [0.2, 0.25) is 0 Å². The van der Waals surface area contributed by atoms with Crippen LogP contribution in [0.5, 0.6) is 5.75 Å². The third-order valence-electron chi connectivity index (χ3n) is 3.02. The van der Waals surface area contributed by atoms with Crippen molar-refractivity contribution in [1.82, 2.24) is 4.57 Å². The van der Waals surface area contributed by atoms with Gasteiger partial charge >= 0.3 is 0 Å². The Kier molecular flexibility index (Phi) is 4.27. The molecule has 0 fully saturated rings. The maximum absolute atomic E-state index is 12.1. The molecule has 0 aliphatic carbocycles. The molecule has 6 heteroatoms. The largest absolute Gasteiger partial charge is 0.505 e. The van der Waals surface area contributed by atoms with E-state index in [0.29, 0.717) is 12.2 Å². The van der Waals surface area contributed by atoms with Crippen LogP contribution in [-0.4, -0.2) is 15.6 Å². The first-order valence-corrected chi connectivity index (χ1v) is 6.62. The molecule has 6 nitrogen and oxygen atoms in total. The number of rotatable bonds is 4. The predicted molar refractivity (Wildman–Crippen MR) is 81.5 cm³/mol. The Hall–Kier alpha value is -2.76. The minimum Gasteiger partial charge on any atom is -0.505 e. The van der Waals surface area contributed by atoms with Crippen molar-refractivity contribution in [2.45, 2.75) is 19.9 Å². The highest BCUT2D eigenvalue weighted by molar-refractivity contribution is 6.07. The first-order valence-electron chi connectivity index (χ1n) is 6.62. The number of benzene rings is 1. The lowest BCUT2D eigenvalue weighted by atomic mass is 10.1. The van der Waals surface area contributed by atoms with Gasteiger partial charge in [0.1, 0.15) is 0 Å². The molecule has 0 saturated carbocycles. The maximum Gasteiger partial charge on any atom is 0.259 e. The fourth-order valence-electron chi connectivity index (χ4n) is 1.96. The molecule has 1 aromatic heterocycles. The zero-order valence-corrected chi connectivity index (χ0v) is 11.7. The number of nitrogens with zero attached hydrogens (tertiary/aromatic N) is 1. The maximum atomic E-state index is 12.1. The number of aromatic hydroxyl groups is 1. The molecule has 2 aromatic rings. The van der Waals surface area contributed by atoms with Crippen molar-refractivity contribution in [2.75, 3.05) is 11.1 Å². The molecule has 0 spiro atoms. The molecule has 2 rings (SSSR count). The number of para-hydroxylation sites is 1. The molecule has 0 aliphatic heterocycles. The Balaban J connectivity index is 2.25. The van der Waals surface area contributed by atoms with Gasteiger partial charge in [-0.15, -0.1) is 0 Å². The Morgan fingerprint density at radius 3 is 2.81 bits per heavy atom. The lowest BCUT2D eigenvalue weighted by Crippen LogP contribution is -2.20. The molecule has 0 radical (unpaired) electrons. The number of hydrogen-bond donors (Lipinski definition) is 3. The summed E-state index contributed by atoms with van der Waals surface area (Å²) in [6, 6.07) is 7.48. The van der Waals surface area contributed by atoms with Crippen LogP contribution in [0.4, 0.5) is 11.4 Å². The molecule has 110 valence electrons. The number of anilines is 2. The Morgan fingerprint density at radius 1 is 1.33 bits per heavy atom. The monoisotopic (exact) mass is 287 g/mol. The second kappa shape index (κ2) is 6.13. The van der Waals surface area contributed by atoms with Crippen LogP contribution in [0.15, 0.2) is 41.3 Å². The summed E-state index contributed by atoms with van der Waals surface area (Å²) in [7, 11) is 0. The van der Waals surface area contributed by atoms with E-state index in [0.717, 1.165) is 6.42 Å².